The molecular formula is C18H21N3O5S2. The van der Waals surface area contributed by atoms with Crippen molar-refractivity contribution in [2.24, 2.45) is 5.73 Å². The lowest BCUT2D eigenvalue weighted by Crippen LogP contribution is -2.35. The van der Waals surface area contributed by atoms with E-state index in [0.29, 0.717) is 23.7 Å². The first-order chi connectivity index (χ1) is 13.4. The number of furan rings is 1. The lowest BCUT2D eigenvalue weighted by molar-refractivity contribution is -0.115. The molecule has 3 N–H and O–H groups in total. The minimum atomic E-state index is -3.74. The maximum atomic E-state index is 12.6. The van der Waals surface area contributed by atoms with Gasteiger partial charge in [0.25, 0.3) is 15.9 Å². The molecule has 1 saturated heterocycles. The number of nitrogens with one attached hydrogen (secondary N) is 1. The molecule has 2 aromatic rings. The Bertz CT molecular complexity index is 965. The molecule has 1 aliphatic heterocycles. The molecule has 0 radical (unpaired) electrons. The Balaban J connectivity index is 1.74. The summed E-state index contributed by atoms with van der Waals surface area (Å²) in [5.41, 5.74) is 5.65. The van der Waals surface area contributed by atoms with E-state index in [-0.39, 0.29) is 16.6 Å². The highest BCUT2D eigenvalue weighted by molar-refractivity contribution is 8.00. The molecule has 2 amide bonds. The number of sulfonamides is 1. The van der Waals surface area contributed by atoms with Gasteiger partial charge in [-0.05, 0) is 37.1 Å². The summed E-state index contributed by atoms with van der Waals surface area (Å²) in [6.07, 6.45) is 2.63. The van der Waals surface area contributed by atoms with Gasteiger partial charge in [0.05, 0.1) is 11.4 Å². The van der Waals surface area contributed by atoms with Gasteiger partial charge in [-0.25, -0.2) is 8.42 Å². The first-order valence-corrected chi connectivity index (χ1v) is 11.2. The maximum absolute atomic E-state index is 12.6. The second kappa shape index (κ2) is 8.80. The van der Waals surface area contributed by atoms with Gasteiger partial charge in [-0.15, -0.1) is 11.8 Å². The molecule has 0 bridgehead atoms. The molecular weight excluding hydrogens is 402 g/mol. The topological polar surface area (TPSA) is 123 Å². The summed E-state index contributed by atoms with van der Waals surface area (Å²) in [7, 11) is -3.74. The van der Waals surface area contributed by atoms with Crippen LogP contribution in [0.25, 0.3) is 0 Å². The van der Waals surface area contributed by atoms with Crippen molar-refractivity contribution in [3.05, 3.63) is 42.2 Å². The van der Waals surface area contributed by atoms with Crippen molar-refractivity contribution in [3.8, 4) is 0 Å². The molecule has 28 heavy (non-hydrogen) atoms. The smallest absolute Gasteiger partial charge is 0.291 e. The number of carbonyl (C=O) groups excluding carboxylic acids is 2. The number of carbonyl (C=O) groups is 2. The van der Waals surface area contributed by atoms with Crippen LogP contribution in [0.1, 0.15) is 29.8 Å². The van der Waals surface area contributed by atoms with Crippen LogP contribution < -0.4 is 11.1 Å². The monoisotopic (exact) mass is 423 g/mol. The van der Waals surface area contributed by atoms with E-state index in [1.165, 1.54) is 28.2 Å². The second-order valence-corrected chi connectivity index (χ2v) is 9.17. The lowest BCUT2D eigenvalue weighted by atomic mass is 10.2. The number of piperidine rings is 1. The minimum Gasteiger partial charge on any atom is -0.438 e. The van der Waals surface area contributed by atoms with Crippen molar-refractivity contribution in [1.82, 2.24) is 4.31 Å². The molecule has 0 atom stereocenters. The normalized spacial score (nSPS) is 15.3. The molecule has 1 aromatic heterocycles. The first kappa shape index (κ1) is 20.4. The van der Waals surface area contributed by atoms with Gasteiger partial charge in [0.1, 0.15) is 0 Å². The predicted molar refractivity (Wildman–Crippen MR) is 106 cm³/mol. The summed E-state index contributed by atoms with van der Waals surface area (Å²) in [5, 5.41) is 2.44. The van der Waals surface area contributed by atoms with Gasteiger partial charge < -0.3 is 15.5 Å². The van der Waals surface area contributed by atoms with Crippen LogP contribution in [0.5, 0.6) is 0 Å². The highest BCUT2D eigenvalue weighted by atomic mass is 32.2. The Kier molecular flexibility index (Phi) is 6.42. The zero-order valence-corrected chi connectivity index (χ0v) is 16.7. The molecule has 0 unspecified atom stereocenters. The molecule has 10 heteroatoms. The van der Waals surface area contributed by atoms with Crippen molar-refractivity contribution in [2.45, 2.75) is 29.3 Å². The maximum Gasteiger partial charge on any atom is 0.291 e. The van der Waals surface area contributed by atoms with Crippen molar-refractivity contribution in [1.29, 1.82) is 0 Å². The van der Waals surface area contributed by atoms with E-state index in [4.69, 9.17) is 10.2 Å². The average molecular weight is 424 g/mol. The standard InChI is InChI=1S/C18H21N3O5S2/c19-16(22)12-27-15-7-3-2-6-13(15)20-18(23)14-8-9-17(26-14)28(24,25)21-10-4-1-5-11-21/h2-3,6-9H,1,4-5,10-12H2,(H2,19,22)(H,20,23). The van der Waals surface area contributed by atoms with E-state index in [0.717, 1.165) is 19.3 Å². The molecule has 1 aliphatic rings. The SMILES string of the molecule is NC(=O)CSc1ccccc1NC(=O)c1ccc(S(=O)(=O)N2CCCCC2)o1. The van der Waals surface area contributed by atoms with Gasteiger partial charge in [0, 0.05) is 18.0 Å². The van der Waals surface area contributed by atoms with E-state index in [1.54, 1.807) is 24.3 Å². The van der Waals surface area contributed by atoms with Gasteiger partial charge >= 0.3 is 0 Å². The van der Waals surface area contributed by atoms with Crippen LogP contribution in [-0.2, 0) is 14.8 Å². The number of anilines is 1. The Morgan fingerprint density at radius 1 is 1.11 bits per heavy atom. The molecule has 2 heterocycles. The van der Waals surface area contributed by atoms with Crippen molar-refractivity contribution in [3.63, 3.8) is 0 Å². The predicted octanol–water partition coefficient (Wildman–Crippen LogP) is 2.28. The number of nitrogens with zero attached hydrogens (tertiary/aromatic N) is 1. The van der Waals surface area contributed by atoms with Crippen LogP contribution in [0.2, 0.25) is 0 Å². The average Bonchev–Trinajstić information content (AvgIpc) is 3.19. The number of amides is 2. The summed E-state index contributed by atoms with van der Waals surface area (Å²) in [6, 6.07) is 9.57. The van der Waals surface area contributed by atoms with Gasteiger partial charge in [-0.1, -0.05) is 18.6 Å². The second-order valence-electron chi connectivity index (χ2n) is 6.29. The van der Waals surface area contributed by atoms with Crippen LogP contribution in [0, 0.1) is 0 Å². The minimum absolute atomic E-state index is 0.0753. The van der Waals surface area contributed by atoms with Gasteiger partial charge in [0.15, 0.2) is 5.76 Å². The van der Waals surface area contributed by atoms with Crippen LogP contribution in [-0.4, -0.2) is 43.4 Å². The number of nitrogens with two attached hydrogens (primary N) is 1. The number of hydrogen-bond acceptors (Lipinski definition) is 6. The number of thioether (sulfide) groups is 1. The summed E-state index contributed by atoms with van der Waals surface area (Å²) in [6.45, 7) is 0.907. The molecule has 0 aliphatic carbocycles. The Morgan fingerprint density at radius 2 is 1.82 bits per heavy atom. The number of para-hydroxylation sites is 1. The molecule has 3 rings (SSSR count). The van der Waals surface area contributed by atoms with Crippen molar-refractivity contribution in [2.75, 3.05) is 24.2 Å². The quantitative estimate of drug-likeness (QED) is 0.659. The summed E-state index contributed by atoms with van der Waals surface area (Å²) in [5.74, 6) is -1.08. The lowest BCUT2D eigenvalue weighted by Gasteiger charge is -2.24. The van der Waals surface area contributed by atoms with E-state index < -0.39 is 21.8 Å². The third-order valence-corrected chi connectivity index (χ3v) is 7.09. The number of rotatable bonds is 7. The van der Waals surface area contributed by atoms with E-state index >= 15 is 0 Å². The van der Waals surface area contributed by atoms with E-state index in [9.17, 15) is 18.0 Å². The highest BCUT2D eigenvalue weighted by Crippen LogP contribution is 2.28. The van der Waals surface area contributed by atoms with Crippen molar-refractivity contribution >= 4 is 39.3 Å². The highest BCUT2D eigenvalue weighted by Gasteiger charge is 2.29. The number of primary amides is 1. The Labute approximate surface area is 167 Å². The molecule has 1 aromatic carbocycles. The third kappa shape index (κ3) is 4.75. The molecule has 150 valence electrons. The zero-order chi connectivity index (χ0) is 20.1. The van der Waals surface area contributed by atoms with Crippen LogP contribution in [0.15, 0.2) is 50.8 Å². The van der Waals surface area contributed by atoms with E-state index in [1.807, 2.05) is 0 Å². The van der Waals surface area contributed by atoms with Crippen LogP contribution in [0.4, 0.5) is 5.69 Å². The largest absolute Gasteiger partial charge is 0.438 e. The third-order valence-electron chi connectivity index (χ3n) is 4.22. The van der Waals surface area contributed by atoms with E-state index in [2.05, 4.69) is 5.32 Å². The molecule has 0 spiro atoms. The zero-order valence-electron chi connectivity index (χ0n) is 15.1. The van der Waals surface area contributed by atoms with Crippen LogP contribution >= 0.6 is 11.8 Å². The Hall–Kier alpha value is -2.30. The number of benzene rings is 1. The summed E-state index contributed by atoms with van der Waals surface area (Å²) >= 11 is 1.20. The Morgan fingerprint density at radius 3 is 2.54 bits per heavy atom. The molecule has 1 fully saturated rings. The fourth-order valence-corrected chi connectivity index (χ4v) is 5.02. The van der Waals surface area contributed by atoms with Crippen LogP contribution in [0.3, 0.4) is 0 Å². The summed E-state index contributed by atoms with van der Waals surface area (Å²) < 4.78 is 32.0. The van der Waals surface area contributed by atoms with Gasteiger partial charge in [-0.3, -0.25) is 9.59 Å². The first-order valence-electron chi connectivity index (χ1n) is 8.79. The van der Waals surface area contributed by atoms with Gasteiger partial charge in [0.2, 0.25) is 11.0 Å². The van der Waals surface area contributed by atoms with Crippen molar-refractivity contribution < 1.29 is 22.4 Å². The molecule has 0 saturated carbocycles. The number of hydrogen-bond donors (Lipinski definition) is 2. The van der Waals surface area contributed by atoms with Gasteiger partial charge in [-0.2, -0.15) is 4.31 Å². The fourth-order valence-electron chi connectivity index (χ4n) is 2.84. The fraction of sp³-hybridized carbons (Fsp3) is 0.333. The summed E-state index contributed by atoms with van der Waals surface area (Å²) in [4.78, 5) is 24.2. The molecule has 8 nitrogen and oxygen atoms in total.